The average Bonchev–Trinajstić information content (AvgIpc) is 3.57. The molecular formula is C47H47N3O9S2. The molecule has 0 saturated heterocycles. The number of aromatic carboxylic acids is 2. The number of sulfonamides is 2. The summed E-state index contributed by atoms with van der Waals surface area (Å²) in [5, 5.41) is 27.2. The summed E-state index contributed by atoms with van der Waals surface area (Å²) in [6, 6.07) is 35.6. The highest BCUT2D eigenvalue weighted by molar-refractivity contribution is 7.93. The van der Waals surface area contributed by atoms with E-state index in [4.69, 9.17) is 10.2 Å². The number of fused-ring (bicyclic) bond motifs is 2. The van der Waals surface area contributed by atoms with Gasteiger partial charge < -0.3 is 10.2 Å². The molecular weight excluding hydrogens is 815 g/mol. The SMILES string of the molecule is CC1(C)C2CCC1(CS(=O)(=O)Nc1ccccc1CCc1ccc(C(=O)O)cc1)C(=O)C2.N#Cc1ccccc1S(=O)(=O)Nc1ccccc1CCc1ccc(C(=O)O)cc1. The number of carboxylic acid groups (broad SMARTS) is 2. The summed E-state index contributed by atoms with van der Waals surface area (Å²) in [5.41, 5.74) is 3.99. The summed E-state index contributed by atoms with van der Waals surface area (Å²) in [6.45, 7) is 4.07. The van der Waals surface area contributed by atoms with Crippen LogP contribution < -0.4 is 9.44 Å². The first-order chi connectivity index (χ1) is 28.9. The first-order valence-corrected chi connectivity index (χ1v) is 22.9. The summed E-state index contributed by atoms with van der Waals surface area (Å²) in [6.07, 6.45) is 4.46. The van der Waals surface area contributed by atoms with E-state index < -0.39 is 37.4 Å². The van der Waals surface area contributed by atoms with E-state index in [-0.39, 0.29) is 44.5 Å². The number of Topliss-reactive ketones (excluding diaryl/α,β-unsaturated/α-hetero) is 1. The van der Waals surface area contributed by atoms with E-state index >= 15 is 0 Å². The van der Waals surface area contributed by atoms with Crippen LogP contribution in [0.2, 0.25) is 0 Å². The van der Waals surface area contributed by atoms with Gasteiger partial charge in [-0.25, -0.2) is 26.4 Å². The predicted molar refractivity (Wildman–Crippen MR) is 232 cm³/mol. The molecule has 2 unspecified atom stereocenters. The number of carboxylic acids is 2. The van der Waals surface area contributed by atoms with E-state index in [0.29, 0.717) is 49.9 Å². The first kappa shape index (κ1) is 44.3. The molecule has 2 bridgehead atoms. The van der Waals surface area contributed by atoms with Gasteiger partial charge in [-0.3, -0.25) is 14.2 Å². The molecule has 61 heavy (non-hydrogen) atoms. The molecule has 2 aliphatic carbocycles. The number of hydrogen-bond acceptors (Lipinski definition) is 8. The Balaban J connectivity index is 0.000000205. The molecule has 2 atom stereocenters. The van der Waals surface area contributed by atoms with Crippen LogP contribution in [0.4, 0.5) is 11.4 Å². The van der Waals surface area contributed by atoms with Crippen LogP contribution in [0.15, 0.2) is 126 Å². The van der Waals surface area contributed by atoms with Crippen LogP contribution in [0, 0.1) is 28.1 Å². The van der Waals surface area contributed by atoms with Crippen LogP contribution in [0.1, 0.15) is 81.6 Å². The van der Waals surface area contributed by atoms with Gasteiger partial charge in [-0.05, 0) is 121 Å². The normalized spacial score (nSPS) is 17.7. The summed E-state index contributed by atoms with van der Waals surface area (Å²) in [7, 11) is -7.64. The molecule has 2 fully saturated rings. The third-order valence-corrected chi connectivity index (χ3v) is 15.0. The second kappa shape index (κ2) is 18.1. The molecule has 0 amide bonds. The molecule has 2 saturated carbocycles. The van der Waals surface area contributed by atoms with Gasteiger partial charge in [0, 0.05) is 6.42 Å². The fourth-order valence-electron chi connectivity index (χ4n) is 8.49. The number of rotatable bonds is 15. The highest BCUT2D eigenvalue weighted by atomic mass is 32.2. The second-order valence-corrected chi connectivity index (χ2v) is 19.4. The van der Waals surface area contributed by atoms with Gasteiger partial charge in [0.25, 0.3) is 10.0 Å². The number of nitrogens with zero attached hydrogens (tertiary/aromatic N) is 1. The van der Waals surface area contributed by atoms with E-state index in [9.17, 15) is 36.5 Å². The molecule has 5 aromatic rings. The largest absolute Gasteiger partial charge is 0.478 e. The molecule has 2 aliphatic rings. The first-order valence-electron chi connectivity index (χ1n) is 19.8. The Kier molecular flexibility index (Phi) is 13.2. The van der Waals surface area contributed by atoms with Crippen LogP contribution >= 0.6 is 0 Å². The third-order valence-electron chi connectivity index (χ3n) is 12.2. The van der Waals surface area contributed by atoms with Crippen LogP contribution in [-0.4, -0.2) is 50.5 Å². The minimum Gasteiger partial charge on any atom is -0.478 e. The lowest BCUT2D eigenvalue weighted by Gasteiger charge is -2.36. The number of aryl methyl sites for hydroxylation is 4. The molecule has 0 radical (unpaired) electrons. The second-order valence-electron chi connectivity index (χ2n) is 16.1. The molecule has 7 rings (SSSR count). The van der Waals surface area contributed by atoms with Crippen LogP contribution in [0.25, 0.3) is 0 Å². The van der Waals surface area contributed by atoms with Crippen molar-refractivity contribution in [2.24, 2.45) is 16.7 Å². The molecule has 0 aliphatic heterocycles. The monoisotopic (exact) mass is 861 g/mol. The van der Waals surface area contributed by atoms with Gasteiger partial charge in [0.15, 0.2) is 0 Å². The number of para-hydroxylation sites is 2. The van der Waals surface area contributed by atoms with Gasteiger partial charge in [-0.15, -0.1) is 0 Å². The summed E-state index contributed by atoms with van der Waals surface area (Å²) < 4.78 is 57.3. The lowest BCUT2D eigenvalue weighted by atomic mass is 9.70. The Labute approximate surface area is 356 Å². The molecule has 4 N–H and O–H groups in total. The molecule has 0 aromatic heterocycles. The maximum Gasteiger partial charge on any atom is 0.335 e. The number of carbonyl (C=O) groups excluding carboxylic acids is 1. The molecule has 5 aromatic carbocycles. The highest BCUT2D eigenvalue weighted by Gasteiger charge is 2.65. The van der Waals surface area contributed by atoms with Crippen molar-refractivity contribution in [3.05, 3.63) is 160 Å². The zero-order valence-corrected chi connectivity index (χ0v) is 35.4. The topological polar surface area (TPSA) is 208 Å². The summed E-state index contributed by atoms with van der Waals surface area (Å²) >= 11 is 0. The van der Waals surface area contributed by atoms with Crippen molar-refractivity contribution in [3.8, 4) is 6.07 Å². The Bertz CT molecular complexity index is 2710. The van der Waals surface area contributed by atoms with Gasteiger partial charge in [-0.1, -0.05) is 86.6 Å². The molecule has 14 heteroatoms. The highest BCUT2D eigenvalue weighted by Crippen LogP contribution is 2.64. The minimum atomic E-state index is -3.91. The Morgan fingerprint density at radius 3 is 1.62 bits per heavy atom. The number of benzene rings is 5. The van der Waals surface area contributed by atoms with E-state index in [1.165, 1.54) is 12.1 Å². The van der Waals surface area contributed by atoms with E-state index in [1.807, 2.05) is 44.2 Å². The standard InChI is InChI=1S/C25H29NO5S.C22H18N2O4S/c1-24(2)20-13-14-25(24,22(27)15-20)16-32(30,31)26-21-6-4-3-5-18(21)10-7-17-8-11-19(12-9-17)23(28)29;23-15-19-6-2-4-8-21(19)29(27,28)24-20-7-3-1-5-17(20)12-9-16-10-13-18(14-11-16)22(25)26/h3-6,8-9,11-12,20,26H,7,10,13-16H2,1-2H3,(H,28,29);1-8,10-11,13-14,24H,9,12H2,(H,25,26). The van der Waals surface area contributed by atoms with Crippen molar-refractivity contribution in [1.82, 2.24) is 0 Å². The van der Waals surface area contributed by atoms with Crippen molar-refractivity contribution in [1.29, 1.82) is 5.26 Å². The number of nitrogens with one attached hydrogen (secondary N) is 2. The quantitative estimate of drug-likeness (QED) is 0.0794. The lowest BCUT2D eigenvalue weighted by molar-refractivity contribution is -0.128. The molecule has 12 nitrogen and oxygen atoms in total. The van der Waals surface area contributed by atoms with Gasteiger partial charge in [0.2, 0.25) is 10.0 Å². The number of carbonyl (C=O) groups is 3. The number of ketones is 1. The Morgan fingerprint density at radius 1 is 0.689 bits per heavy atom. The van der Waals surface area contributed by atoms with E-state index in [0.717, 1.165) is 28.7 Å². The fourth-order valence-corrected chi connectivity index (χ4v) is 11.7. The summed E-state index contributed by atoms with van der Waals surface area (Å²) in [4.78, 5) is 34.7. The lowest BCUT2D eigenvalue weighted by Crippen LogP contribution is -2.43. The average molecular weight is 862 g/mol. The van der Waals surface area contributed by atoms with Crippen LogP contribution in [0.5, 0.6) is 0 Å². The van der Waals surface area contributed by atoms with E-state index in [2.05, 4.69) is 9.44 Å². The van der Waals surface area contributed by atoms with Crippen molar-refractivity contribution in [3.63, 3.8) is 0 Å². The minimum absolute atomic E-state index is 0.0680. The van der Waals surface area contributed by atoms with Crippen LogP contribution in [-0.2, 0) is 50.5 Å². The Morgan fingerprint density at radius 2 is 1.16 bits per heavy atom. The molecule has 316 valence electrons. The zero-order chi connectivity index (χ0) is 44.0. The molecule has 0 heterocycles. The maximum absolute atomic E-state index is 13.2. The smallest absolute Gasteiger partial charge is 0.335 e. The van der Waals surface area contributed by atoms with Crippen molar-refractivity contribution < 1.29 is 41.4 Å². The predicted octanol–water partition coefficient (Wildman–Crippen LogP) is 8.15. The number of anilines is 2. The Hall–Kier alpha value is -6.30. The number of hydrogen-bond donors (Lipinski definition) is 4. The van der Waals surface area contributed by atoms with Crippen LogP contribution in [0.3, 0.4) is 0 Å². The summed E-state index contributed by atoms with van der Waals surface area (Å²) in [5.74, 6) is -1.76. The van der Waals surface area contributed by atoms with Crippen molar-refractivity contribution >= 4 is 49.1 Å². The van der Waals surface area contributed by atoms with Gasteiger partial charge in [0.05, 0.1) is 39.2 Å². The molecule has 0 spiro atoms. The van der Waals surface area contributed by atoms with Crippen molar-refractivity contribution in [2.45, 2.75) is 63.7 Å². The van der Waals surface area contributed by atoms with Gasteiger partial charge >= 0.3 is 11.9 Å². The maximum atomic E-state index is 13.2. The number of nitriles is 1. The van der Waals surface area contributed by atoms with Gasteiger partial charge in [-0.2, -0.15) is 5.26 Å². The fraction of sp³-hybridized carbons (Fsp3) is 0.277. The van der Waals surface area contributed by atoms with E-state index in [1.54, 1.807) is 84.9 Å². The van der Waals surface area contributed by atoms with Crippen molar-refractivity contribution in [2.75, 3.05) is 15.2 Å². The van der Waals surface area contributed by atoms with Gasteiger partial charge in [0.1, 0.15) is 16.7 Å². The third kappa shape index (κ3) is 10.0. The zero-order valence-electron chi connectivity index (χ0n) is 33.8.